The lowest BCUT2D eigenvalue weighted by molar-refractivity contribution is 0.393. The molecule has 2 aromatic heterocycles. The number of nitrogens with one attached hydrogen (secondary N) is 1. The number of methoxy groups -OCH3 is 1. The monoisotopic (exact) mass is 279 g/mol. The van der Waals surface area contributed by atoms with Gasteiger partial charge in [0.1, 0.15) is 0 Å². The summed E-state index contributed by atoms with van der Waals surface area (Å²) >= 11 is 1.73. The molecule has 0 saturated carbocycles. The molecule has 2 aromatic rings. The van der Waals surface area contributed by atoms with Crippen molar-refractivity contribution < 1.29 is 4.74 Å². The van der Waals surface area contributed by atoms with E-state index >= 15 is 0 Å². The number of nitrogens with zero attached hydrogens (tertiary/aromatic N) is 2. The molecule has 4 nitrogen and oxygen atoms in total. The van der Waals surface area contributed by atoms with Gasteiger partial charge in [0.25, 0.3) is 0 Å². The smallest absolute Gasteiger partial charge is 0.161 e. The third-order valence-corrected chi connectivity index (χ3v) is 3.93. The number of likely N-dealkylation sites (N-methyl/N-ethyl adjacent to an activating group) is 1. The second-order valence-corrected chi connectivity index (χ2v) is 5.28. The van der Waals surface area contributed by atoms with Crippen LogP contribution in [0.15, 0.2) is 23.0 Å². The molecule has 1 atom stereocenters. The summed E-state index contributed by atoms with van der Waals surface area (Å²) in [7, 11) is 3.69. The van der Waals surface area contributed by atoms with Gasteiger partial charge < -0.3 is 10.1 Å². The van der Waals surface area contributed by atoms with E-state index in [1.165, 1.54) is 5.56 Å². The lowest BCUT2D eigenvalue weighted by Crippen LogP contribution is -2.23. The molecule has 0 saturated heterocycles. The van der Waals surface area contributed by atoms with Crippen molar-refractivity contribution in [1.29, 1.82) is 0 Å². The van der Waals surface area contributed by atoms with Gasteiger partial charge in [-0.25, -0.2) is 0 Å². The SMILES string of the molecule is CCCn1ncc(OC)c1C(Cc1ccsc1)NC. The molecule has 0 aliphatic heterocycles. The van der Waals surface area contributed by atoms with Crippen LogP contribution >= 0.6 is 11.3 Å². The standard InChI is InChI=1S/C14H21N3OS/c1-4-6-17-14(13(18-3)9-16-17)12(15-2)8-11-5-7-19-10-11/h5,7,9-10,12,15H,4,6,8H2,1-3H3. The van der Waals surface area contributed by atoms with E-state index < -0.39 is 0 Å². The summed E-state index contributed by atoms with van der Waals surface area (Å²) in [5.74, 6) is 0.864. The molecule has 0 aliphatic rings. The molecule has 0 spiro atoms. The molecule has 0 radical (unpaired) electrons. The van der Waals surface area contributed by atoms with Gasteiger partial charge in [0.2, 0.25) is 0 Å². The molecule has 19 heavy (non-hydrogen) atoms. The average Bonchev–Trinajstić information content (AvgIpc) is 3.05. The Morgan fingerprint density at radius 2 is 2.37 bits per heavy atom. The molecular formula is C14H21N3OS. The highest BCUT2D eigenvalue weighted by molar-refractivity contribution is 7.07. The number of ether oxygens (including phenoxy) is 1. The first-order valence-corrected chi connectivity index (χ1v) is 7.52. The highest BCUT2D eigenvalue weighted by atomic mass is 32.1. The minimum absolute atomic E-state index is 0.221. The largest absolute Gasteiger partial charge is 0.493 e. The van der Waals surface area contributed by atoms with E-state index in [2.05, 4.69) is 34.2 Å². The molecule has 0 fully saturated rings. The van der Waals surface area contributed by atoms with Crippen LogP contribution < -0.4 is 10.1 Å². The van der Waals surface area contributed by atoms with Gasteiger partial charge in [-0.3, -0.25) is 4.68 Å². The minimum atomic E-state index is 0.221. The van der Waals surface area contributed by atoms with E-state index in [4.69, 9.17) is 4.74 Å². The summed E-state index contributed by atoms with van der Waals surface area (Å²) in [5, 5.41) is 12.1. The van der Waals surface area contributed by atoms with Crippen LogP contribution in [0.3, 0.4) is 0 Å². The first-order valence-electron chi connectivity index (χ1n) is 6.58. The normalized spacial score (nSPS) is 12.6. The zero-order valence-electron chi connectivity index (χ0n) is 11.7. The summed E-state index contributed by atoms with van der Waals surface area (Å²) in [6.07, 6.45) is 3.82. The Morgan fingerprint density at radius 1 is 1.53 bits per heavy atom. The molecule has 104 valence electrons. The molecule has 0 amide bonds. The Balaban J connectivity index is 2.27. The van der Waals surface area contributed by atoms with Gasteiger partial charge in [0.15, 0.2) is 5.75 Å². The van der Waals surface area contributed by atoms with Gasteiger partial charge >= 0.3 is 0 Å². The maximum atomic E-state index is 5.45. The maximum absolute atomic E-state index is 5.45. The van der Waals surface area contributed by atoms with Gasteiger partial charge in [-0.1, -0.05) is 6.92 Å². The van der Waals surface area contributed by atoms with Gasteiger partial charge in [-0.05, 0) is 42.3 Å². The Morgan fingerprint density at radius 3 is 2.95 bits per heavy atom. The lowest BCUT2D eigenvalue weighted by Gasteiger charge is -2.18. The maximum Gasteiger partial charge on any atom is 0.161 e. The number of thiophene rings is 1. The molecular weight excluding hydrogens is 258 g/mol. The van der Waals surface area contributed by atoms with E-state index in [0.717, 1.165) is 30.8 Å². The second kappa shape index (κ2) is 6.73. The fourth-order valence-corrected chi connectivity index (χ4v) is 2.94. The Labute approximate surface area is 118 Å². The van der Waals surface area contributed by atoms with Crippen LogP contribution in [0.2, 0.25) is 0 Å². The topological polar surface area (TPSA) is 39.1 Å². The van der Waals surface area contributed by atoms with Crippen LogP contribution in [0.4, 0.5) is 0 Å². The third kappa shape index (κ3) is 3.16. The molecule has 1 unspecified atom stereocenters. The Hall–Kier alpha value is -1.33. The van der Waals surface area contributed by atoms with Crippen molar-refractivity contribution in [3.63, 3.8) is 0 Å². The van der Waals surface area contributed by atoms with Crippen LogP contribution in [-0.2, 0) is 13.0 Å². The summed E-state index contributed by atoms with van der Waals surface area (Å²) in [4.78, 5) is 0. The zero-order chi connectivity index (χ0) is 13.7. The summed E-state index contributed by atoms with van der Waals surface area (Å²) in [6, 6.07) is 2.39. The summed E-state index contributed by atoms with van der Waals surface area (Å²) in [5.41, 5.74) is 2.48. The van der Waals surface area contributed by atoms with E-state index in [1.807, 2.05) is 17.9 Å². The van der Waals surface area contributed by atoms with Crippen LogP contribution in [-0.4, -0.2) is 23.9 Å². The van der Waals surface area contributed by atoms with Gasteiger partial charge in [0.05, 0.1) is 25.0 Å². The van der Waals surface area contributed by atoms with Crippen molar-refractivity contribution in [2.24, 2.45) is 0 Å². The van der Waals surface area contributed by atoms with E-state index in [9.17, 15) is 0 Å². The third-order valence-electron chi connectivity index (χ3n) is 3.20. The van der Waals surface area contributed by atoms with Crippen LogP contribution in [0.25, 0.3) is 0 Å². The highest BCUT2D eigenvalue weighted by Crippen LogP contribution is 2.28. The van der Waals surface area contributed by atoms with Crippen molar-refractivity contribution in [2.75, 3.05) is 14.2 Å². The first kappa shape index (κ1) is 14.1. The predicted octanol–water partition coefficient (Wildman–Crippen LogP) is 2.87. The van der Waals surface area contributed by atoms with Crippen molar-refractivity contribution >= 4 is 11.3 Å². The van der Waals surface area contributed by atoms with E-state index in [1.54, 1.807) is 18.4 Å². The number of aryl methyl sites for hydroxylation is 1. The van der Waals surface area contributed by atoms with Crippen LogP contribution in [0, 0.1) is 0 Å². The molecule has 5 heteroatoms. The van der Waals surface area contributed by atoms with Crippen molar-refractivity contribution in [3.05, 3.63) is 34.3 Å². The molecule has 0 aromatic carbocycles. The van der Waals surface area contributed by atoms with E-state index in [-0.39, 0.29) is 6.04 Å². The number of hydrogen-bond acceptors (Lipinski definition) is 4. The van der Waals surface area contributed by atoms with Gasteiger partial charge in [-0.2, -0.15) is 16.4 Å². The molecule has 2 heterocycles. The fraction of sp³-hybridized carbons (Fsp3) is 0.500. The summed E-state index contributed by atoms with van der Waals surface area (Å²) in [6.45, 7) is 3.08. The van der Waals surface area contributed by atoms with Gasteiger partial charge in [0, 0.05) is 6.54 Å². The fourth-order valence-electron chi connectivity index (χ4n) is 2.26. The summed E-state index contributed by atoms with van der Waals surface area (Å²) < 4.78 is 7.50. The molecule has 2 rings (SSSR count). The average molecular weight is 279 g/mol. The molecule has 0 aliphatic carbocycles. The first-order chi connectivity index (χ1) is 9.30. The number of aromatic nitrogens is 2. The Kier molecular flexibility index (Phi) is 4.99. The number of rotatable bonds is 7. The van der Waals surface area contributed by atoms with Crippen LogP contribution in [0.1, 0.15) is 30.6 Å². The van der Waals surface area contributed by atoms with Crippen molar-refractivity contribution in [2.45, 2.75) is 32.4 Å². The number of hydrogen-bond donors (Lipinski definition) is 1. The Bertz CT molecular complexity index is 493. The predicted molar refractivity (Wildman–Crippen MR) is 78.9 cm³/mol. The zero-order valence-corrected chi connectivity index (χ0v) is 12.5. The second-order valence-electron chi connectivity index (χ2n) is 4.50. The molecule has 1 N–H and O–H groups in total. The van der Waals surface area contributed by atoms with Crippen LogP contribution in [0.5, 0.6) is 5.75 Å². The van der Waals surface area contributed by atoms with Gasteiger partial charge in [-0.15, -0.1) is 0 Å². The highest BCUT2D eigenvalue weighted by Gasteiger charge is 2.20. The minimum Gasteiger partial charge on any atom is -0.493 e. The van der Waals surface area contributed by atoms with E-state index in [0.29, 0.717) is 0 Å². The quantitative estimate of drug-likeness (QED) is 0.847. The lowest BCUT2D eigenvalue weighted by atomic mass is 10.1. The molecule has 0 bridgehead atoms. The van der Waals surface area contributed by atoms with Crippen molar-refractivity contribution in [3.8, 4) is 5.75 Å². The van der Waals surface area contributed by atoms with Crippen molar-refractivity contribution in [1.82, 2.24) is 15.1 Å².